The quantitative estimate of drug-likeness (QED) is 0.322. The first-order valence-electron chi connectivity index (χ1n) is 11.0. The normalized spacial score (nSPS) is 12.9. The monoisotopic (exact) mass is 494 g/mol. The van der Waals surface area contributed by atoms with Crippen LogP contribution in [0, 0.1) is 5.92 Å². The van der Waals surface area contributed by atoms with Crippen LogP contribution >= 0.6 is 15.9 Å². The van der Waals surface area contributed by atoms with Crippen molar-refractivity contribution in [3.05, 3.63) is 88.0 Å². The Labute approximate surface area is 197 Å². The molecule has 0 atom stereocenters. The number of halogens is 1. The van der Waals surface area contributed by atoms with Gasteiger partial charge in [0, 0.05) is 29.3 Å². The van der Waals surface area contributed by atoms with Gasteiger partial charge in [-0.3, -0.25) is 0 Å². The number of anilines is 1. The van der Waals surface area contributed by atoms with Crippen LogP contribution in [0.5, 0.6) is 5.75 Å². The summed E-state index contributed by atoms with van der Waals surface area (Å²) in [5.74, 6) is 2.05. The van der Waals surface area contributed by atoms with E-state index >= 15 is 0 Å². The van der Waals surface area contributed by atoms with Crippen LogP contribution in [0.3, 0.4) is 0 Å². The van der Waals surface area contributed by atoms with Crippen molar-refractivity contribution in [3.8, 4) is 5.75 Å². The number of carbonyl (C=O) groups excluding carboxylic acids is 1. The Morgan fingerprint density at radius 3 is 2.62 bits per heavy atom. The maximum Gasteiger partial charge on any atom is 0.339 e. The first-order chi connectivity index (χ1) is 15.6. The minimum absolute atomic E-state index is 0.344. The van der Waals surface area contributed by atoms with Crippen molar-refractivity contribution in [1.82, 2.24) is 4.98 Å². The molecule has 1 saturated carbocycles. The molecule has 1 fully saturated rings. The first kappa shape index (κ1) is 22.3. The molecule has 3 aromatic rings. The molecule has 2 aromatic carbocycles. The maximum absolute atomic E-state index is 12.0. The van der Waals surface area contributed by atoms with E-state index in [9.17, 15) is 4.79 Å². The van der Waals surface area contributed by atoms with Crippen molar-refractivity contribution >= 4 is 27.7 Å². The molecule has 0 N–H and O–H groups in total. The number of rotatable bonds is 10. The van der Waals surface area contributed by atoms with Gasteiger partial charge in [-0.1, -0.05) is 46.3 Å². The van der Waals surface area contributed by atoms with Gasteiger partial charge in [-0.15, -0.1) is 0 Å². The summed E-state index contributed by atoms with van der Waals surface area (Å²) < 4.78 is 12.3. The molecule has 1 heterocycles. The molecular formula is C26H27BrN2O3. The second kappa shape index (κ2) is 10.6. The third-order valence-electron chi connectivity index (χ3n) is 5.38. The minimum Gasteiger partial charge on any atom is -0.489 e. The highest BCUT2D eigenvalue weighted by Crippen LogP contribution is 2.33. The van der Waals surface area contributed by atoms with Crippen LogP contribution in [-0.4, -0.2) is 24.1 Å². The van der Waals surface area contributed by atoms with Gasteiger partial charge in [0.05, 0.1) is 12.2 Å². The molecule has 1 aliphatic rings. The molecule has 0 saturated heterocycles. The van der Waals surface area contributed by atoms with Gasteiger partial charge in [0.1, 0.15) is 18.2 Å². The standard InChI is InChI=1S/C26H27BrN2O3/c1-2-31-26(30)21-10-13-25(28-15-21)29(16-19-8-9-19)17-22-14-23(27)11-12-24(22)32-18-20-6-4-3-5-7-20/h3-7,10-15,19H,2,8-9,16-18H2,1H3. The third-order valence-corrected chi connectivity index (χ3v) is 5.87. The molecule has 0 radical (unpaired) electrons. The van der Waals surface area contributed by atoms with Crippen LogP contribution in [0.25, 0.3) is 0 Å². The number of hydrogen-bond donors (Lipinski definition) is 0. The Bertz CT molecular complexity index is 1040. The maximum atomic E-state index is 12.0. The minimum atomic E-state index is -0.344. The Hall–Kier alpha value is -2.86. The zero-order valence-electron chi connectivity index (χ0n) is 18.2. The van der Waals surface area contributed by atoms with Crippen molar-refractivity contribution < 1.29 is 14.3 Å². The summed E-state index contributed by atoms with van der Waals surface area (Å²) >= 11 is 3.60. The molecule has 6 heteroatoms. The summed E-state index contributed by atoms with van der Waals surface area (Å²) in [7, 11) is 0. The fraction of sp³-hybridized carbons (Fsp3) is 0.308. The summed E-state index contributed by atoms with van der Waals surface area (Å²) in [6, 6.07) is 20.0. The number of benzene rings is 2. The summed E-state index contributed by atoms with van der Waals surface area (Å²) in [5, 5.41) is 0. The van der Waals surface area contributed by atoms with Crippen molar-refractivity contribution in [1.29, 1.82) is 0 Å². The summed E-state index contributed by atoms with van der Waals surface area (Å²) in [6.45, 7) is 4.27. The fourth-order valence-corrected chi connectivity index (χ4v) is 3.92. The number of aromatic nitrogens is 1. The average Bonchev–Trinajstić information content (AvgIpc) is 3.63. The smallest absolute Gasteiger partial charge is 0.339 e. The van der Waals surface area contributed by atoms with Crippen LogP contribution in [0.2, 0.25) is 0 Å². The SMILES string of the molecule is CCOC(=O)c1ccc(N(Cc2cc(Br)ccc2OCc2ccccc2)CC2CC2)nc1. The molecular weight excluding hydrogens is 468 g/mol. The van der Waals surface area contributed by atoms with Gasteiger partial charge >= 0.3 is 5.97 Å². The molecule has 0 amide bonds. The summed E-state index contributed by atoms with van der Waals surface area (Å²) in [5.41, 5.74) is 2.69. The van der Waals surface area contributed by atoms with Crippen LogP contribution < -0.4 is 9.64 Å². The molecule has 1 aromatic heterocycles. The van der Waals surface area contributed by atoms with Crippen molar-refractivity contribution in [3.63, 3.8) is 0 Å². The van der Waals surface area contributed by atoms with Gasteiger partial charge in [-0.2, -0.15) is 0 Å². The van der Waals surface area contributed by atoms with Crippen molar-refractivity contribution in [2.24, 2.45) is 5.92 Å². The second-order valence-electron chi connectivity index (χ2n) is 7.98. The van der Waals surface area contributed by atoms with Crippen molar-refractivity contribution in [2.75, 3.05) is 18.1 Å². The molecule has 5 nitrogen and oxygen atoms in total. The molecule has 0 aliphatic heterocycles. The van der Waals surface area contributed by atoms with E-state index in [0.717, 1.165) is 33.7 Å². The van der Waals surface area contributed by atoms with E-state index in [0.29, 0.717) is 31.2 Å². The van der Waals surface area contributed by atoms with Gasteiger partial charge < -0.3 is 14.4 Å². The summed E-state index contributed by atoms with van der Waals surface area (Å²) in [6.07, 6.45) is 4.08. The number of ether oxygens (including phenoxy) is 2. The van der Waals surface area contributed by atoms with E-state index in [1.807, 2.05) is 36.4 Å². The fourth-order valence-electron chi connectivity index (χ4n) is 3.51. The van der Waals surface area contributed by atoms with Gasteiger partial charge in [0.25, 0.3) is 0 Å². The Morgan fingerprint density at radius 1 is 1.12 bits per heavy atom. The number of carbonyl (C=O) groups is 1. The lowest BCUT2D eigenvalue weighted by atomic mass is 10.1. The van der Waals surface area contributed by atoms with Crippen LogP contribution in [0.1, 0.15) is 41.3 Å². The van der Waals surface area contributed by atoms with Gasteiger partial charge in [-0.25, -0.2) is 9.78 Å². The molecule has 0 unspecified atom stereocenters. The molecule has 0 spiro atoms. The third kappa shape index (κ3) is 6.10. The van der Waals surface area contributed by atoms with Gasteiger partial charge in [0.2, 0.25) is 0 Å². The van der Waals surface area contributed by atoms with Crippen LogP contribution in [-0.2, 0) is 17.9 Å². The lowest BCUT2D eigenvalue weighted by molar-refractivity contribution is 0.0526. The van der Waals surface area contributed by atoms with E-state index in [2.05, 4.69) is 44.0 Å². The largest absolute Gasteiger partial charge is 0.489 e. The van der Waals surface area contributed by atoms with Gasteiger partial charge in [-0.05, 0) is 61.6 Å². The van der Waals surface area contributed by atoms with Crippen LogP contribution in [0.4, 0.5) is 5.82 Å². The zero-order chi connectivity index (χ0) is 22.3. The zero-order valence-corrected chi connectivity index (χ0v) is 19.8. The molecule has 166 valence electrons. The van der Waals surface area contributed by atoms with Gasteiger partial charge in [0.15, 0.2) is 0 Å². The lowest BCUT2D eigenvalue weighted by Crippen LogP contribution is -2.26. The second-order valence-corrected chi connectivity index (χ2v) is 8.89. The predicted molar refractivity (Wildman–Crippen MR) is 129 cm³/mol. The van der Waals surface area contributed by atoms with Crippen LogP contribution in [0.15, 0.2) is 71.3 Å². The first-order valence-corrected chi connectivity index (χ1v) is 11.7. The number of hydrogen-bond acceptors (Lipinski definition) is 5. The topological polar surface area (TPSA) is 51.7 Å². The number of nitrogens with zero attached hydrogens (tertiary/aromatic N) is 2. The van der Waals surface area contributed by atoms with E-state index < -0.39 is 0 Å². The molecule has 1 aliphatic carbocycles. The van der Waals surface area contributed by atoms with E-state index in [1.54, 1.807) is 19.2 Å². The van der Waals surface area contributed by atoms with E-state index in [4.69, 9.17) is 9.47 Å². The number of esters is 1. The highest BCUT2D eigenvalue weighted by molar-refractivity contribution is 9.10. The molecule has 0 bridgehead atoms. The molecule has 32 heavy (non-hydrogen) atoms. The average molecular weight is 495 g/mol. The number of pyridine rings is 1. The predicted octanol–water partition coefficient (Wildman–Crippen LogP) is 6.02. The Morgan fingerprint density at radius 2 is 1.94 bits per heavy atom. The Balaban J connectivity index is 1.53. The Kier molecular flexibility index (Phi) is 7.43. The lowest BCUT2D eigenvalue weighted by Gasteiger charge is -2.25. The van der Waals surface area contributed by atoms with Crippen molar-refractivity contribution in [2.45, 2.75) is 32.9 Å². The molecule has 4 rings (SSSR count). The summed E-state index contributed by atoms with van der Waals surface area (Å²) in [4.78, 5) is 18.8. The van der Waals surface area contributed by atoms with E-state index in [1.165, 1.54) is 12.8 Å². The van der Waals surface area contributed by atoms with E-state index in [-0.39, 0.29) is 5.97 Å². The highest BCUT2D eigenvalue weighted by Gasteiger charge is 2.26. The highest BCUT2D eigenvalue weighted by atomic mass is 79.9.